The number of rotatable bonds is 5. The Kier molecular flexibility index (Phi) is 3.75. The van der Waals surface area contributed by atoms with E-state index in [1.165, 1.54) is 33.8 Å². The van der Waals surface area contributed by atoms with Gasteiger partial charge in [0.15, 0.2) is 0 Å². The quantitative estimate of drug-likeness (QED) is 0.712. The molecule has 0 saturated carbocycles. The van der Waals surface area contributed by atoms with Gasteiger partial charge in [0.05, 0.1) is 0 Å². The molecule has 0 bridgehead atoms. The number of hydrogen-bond donors (Lipinski definition) is 2. The highest BCUT2D eigenvalue weighted by Gasteiger charge is 2.06. The van der Waals surface area contributed by atoms with Crippen LogP contribution in [0, 0.1) is 5.92 Å². The van der Waals surface area contributed by atoms with Crippen LogP contribution in [0.1, 0.15) is 25.3 Å². The largest absolute Gasteiger partial charge is 0.355 e. The summed E-state index contributed by atoms with van der Waals surface area (Å²) in [4.78, 5) is 3.47. The Morgan fingerprint density at radius 3 is 2.65 bits per heavy atom. The van der Waals surface area contributed by atoms with Crippen molar-refractivity contribution in [1.29, 1.82) is 0 Å². The molecule has 1 atom stereocenters. The zero-order valence-electron chi connectivity index (χ0n) is 12.0. The molecule has 104 valence electrons. The predicted octanol–water partition coefficient (Wildman–Crippen LogP) is 4.24. The Labute approximate surface area is 120 Å². The third-order valence-electron chi connectivity index (χ3n) is 4.16. The molecule has 3 aromatic rings. The first-order valence-electron chi connectivity index (χ1n) is 7.47. The second kappa shape index (κ2) is 5.68. The van der Waals surface area contributed by atoms with Crippen molar-refractivity contribution in [3.63, 3.8) is 0 Å². The van der Waals surface area contributed by atoms with Gasteiger partial charge >= 0.3 is 0 Å². The summed E-state index contributed by atoms with van der Waals surface area (Å²) in [5.74, 6) is 0.707. The third kappa shape index (κ3) is 2.56. The van der Waals surface area contributed by atoms with Crippen LogP contribution in [0.25, 0.3) is 21.8 Å². The van der Waals surface area contributed by atoms with Crippen LogP contribution in [0.5, 0.6) is 0 Å². The molecule has 0 aliphatic heterocycles. The van der Waals surface area contributed by atoms with Gasteiger partial charge in [-0.05, 0) is 55.5 Å². The van der Waals surface area contributed by atoms with E-state index >= 15 is 0 Å². The monoisotopic (exact) mass is 266 g/mol. The van der Waals surface area contributed by atoms with Gasteiger partial charge in [0.2, 0.25) is 0 Å². The van der Waals surface area contributed by atoms with Gasteiger partial charge < -0.3 is 10.7 Å². The first-order chi connectivity index (χ1) is 9.78. The first-order valence-corrected chi connectivity index (χ1v) is 7.47. The fraction of sp³-hybridized carbons (Fsp3) is 0.333. The van der Waals surface area contributed by atoms with E-state index in [0.717, 1.165) is 19.4 Å². The number of nitrogens with one attached hydrogen (secondary N) is 1. The highest BCUT2D eigenvalue weighted by atomic mass is 14.7. The fourth-order valence-corrected chi connectivity index (χ4v) is 2.89. The molecular formula is C18H22N2. The van der Waals surface area contributed by atoms with Crippen molar-refractivity contribution in [2.24, 2.45) is 11.7 Å². The molecule has 0 aliphatic rings. The average Bonchev–Trinajstić information content (AvgIpc) is 2.83. The van der Waals surface area contributed by atoms with Crippen LogP contribution in [0.4, 0.5) is 0 Å². The molecule has 0 amide bonds. The zero-order chi connectivity index (χ0) is 13.9. The average molecular weight is 266 g/mol. The van der Waals surface area contributed by atoms with Crippen LogP contribution in [0.2, 0.25) is 0 Å². The van der Waals surface area contributed by atoms with E-state index in [2.05, 4.69) is 54.4 Å². The van der Waals surface area contributed by atoms with Crippen molar-refractivity contribution >= 4 is 21.8 Å². The minimum atomic E-state index is 0.707. The van der Waals surface area contributed by atoms with Crippen molar-refractivity contribution in [1.82, 2.24) is 4.98 Å². The number of aromatic nitrogens is 1. The summed E-state index contributed by atoms with van der Waals surface area (Å²) in [5.41, 5.74) is 9.48. The maximum atomic E-state index is 5.62. The van der Waals surface area contributed by atoms with E-state index in [1.807, 2.05) is 0 Å². The molecule has 1 unspecified atom stereocenters. The van der Waals surface area contributed by atoms with Gasteiger partial charge in [0.25, 0.3) is 0 Å². The van der Waals surface area contributed by atoms with Gasteiger partial charge in [-0.2, -0.15) is 0 Å². The van der Waals surface area contributed by atoms with E-state index < -0.39 is 0 Å². The van der Waals surface area contributed by atoms with E-state index in [9.17, 15) is 0 Å². The highest BCUT2D eigenvalue weighted by molar-refractivity contribution is 6.07. The summed E-state index contributed by atoms with van der Waals surface area (Å²) in [6, 6.07) is 15.3. The van der Waals surface area contributed by atoms with Crippen molar-refractivity contribution in [2.75, 3.05) is 6.54 Å². The number of H-pyrrole nitrogens is 1. The van der Waals surface area contributed by atoms with Crippen LogP contribution < -0.4 is 5.73 Å². The maximum absolute atomic E-state index is 5.62. The molecule has 1 aromatic heterocycles. The van der Waals surface area contributed by atoms with Crippen LogP contribution in [-0.4, -0.2) is 11.5 Å². The van der Waals surface area contributed by atoms with Gasteiger partial charge in [-0.25, -0.2) is 0 Å². The summed E-state index contributed by atoms with van der Waals surface area (Å²) in [7, 11) is 0. The highest BCUT2D eigenvalue weighted by Crippen LogP contribution is 2.26. The summed E-state index contributed by atoms with van der Waals surface area (Å²) >= 11 is 0. The molecule has 2 aromatic carbocycles. The van der Waals surface area contributed by atoms with Crippen LogP contribution >= 0.6 is 0 Å². The normalized spacial score (nSPS) is 13.1. The SMILES string of the molecule is CC(CCN)CCc1ccc2[nH]c3ccccc3c2c1. The summed E-state index contributed by atoms with van der Waals surface area (Å²) in [6.45, 7) is 3.08. The van der Waals surface area contributed by atoms with Gasteiger partial charge in [0.1, 0.15) is 0 Å². The lowest BCUT2D eigenvalue weighted by Gasteiger charge is -2.09. The number of aryl methyl sites for hydroxylation is 1. The smallest absolute Gasteiger partial charge is 0.0465 e. The minimum absolute atomic E-state index is 0.707. The Morgan fingerprint density at radius 1 is 1.00 bits per heavy atom. The standard InChI is InChI=1S/C18H22N2/c1-13(10-11-19)6-7-14-8-9-18-16(12-14)15-4-2-3-5-17(15)20-18/h2-5,8-9,12-13,20H,6-7,10-11,19H2,1H3. The Bertz CT molecular complexity index is 712. The molecule has 0 aliphatic carbocycles. The summed E-state index contributed by atoms with van der Waals surface area (Å²) < 4.78 is 0. The number of hydrogen-bond acceptors (Lipinski definition) is 1. The van der Waals surface area contributed by atoms with Crippen molar-refractivity contribution in [3.05, 3.63) is 48.0 Å². The molecule has 1 heterocycles. The maximum Gasteiger partial charge on any atom is 0.0465 e. The Morgan fingerprint density at radius 2 is 1.80 bits per heavy atom. The van der Waals surface area contributed by atoms with E-state index in [4.69, 9.17) is 5.73 Å². The third-order valence-corrected chi connectivity index (χ3v) is 4.16. The fourth-order valence-electron chi connectivity index (χ4n) is 2.89. The molecule has 2 heteroatoms. The number of benzene rings is 2. The molecular weight excluding hydrogens is 244 g/mol. The van der Waals surface area contributed by atoms with Gasteiger partial charge in [-0.1, -0.05) is 31.2 Å². The number of aromatic amines is 1. The van der Waals surface area contributed by atoms with Crippen molar-refractivity contribution in [2.45, 2.75) is 26.2 Å². The first kappa shape index (κ1) is 13.2. The lowest BCUT2D eigenvalue weighted by molar-refractivity contribution is 0.500. The Balaban J connectivity index is 1.88. The molecule has 0 fully saturated rings. The van der Waals surface area contributed by atoms with Gasteiger partial charge in [-0.15, -0.1) is 0 Å². The van der Waals surface area contributed by atoms with Crippen LogP contribution in [0.3, 0.4) is 0 Å². The molecule has 2 nitrogen and oxygen atoms in total. The summed E-state index contributed by atoms with van der Waals surface area (Å²) in [5, 5.41) is 2.66. The minimum Gasteiger partial charge on any atom is -0.355 e. The topological polar surface area (TPSA) is 41.8 Å². The van der Waals surface area contributed by atoms with Gasteiger partial charge in [0, 0.05) is 21.8 Å². The number of para-hydroxylation sites is 1. The van der Waals surface area contributed by atoms with Crippen LogP contribution in [-0.2, 0) is 6.42 Å². The van der Waals surface area contributed by atoms with Crippen molar-refractivity contribution < 1.29 is 0 Å². The molecule has 0 radical (unpaired) electrons. The predicted molar refractivity (Wildman–Crippen MR) is 87.0 cm³/mol. The van der Waals surface area contributed by atoms with E-state index in [0.29, 0.717) is 5.92 Å². The van der Waals surface area contributed by atoms with Crippen LogP contribution in [0.15, 0.2) is 42.5 Å². The van der Waals surface area contributed by atoms with E-state index in [1.54, 1.807) is 0 Å². The summed E-state index contributed by atoms with van der Waals surface area (Å²) in [6.07, 6.45) is 3.47. The number of nitrogens with two attached hydrogens (primary N) is 1. The molecule has 20 heavy (non-hydrogen) atoms. The van der Waals surface area contributed by atoms with Crippen molar-refractivity contribution in [3.8, 4) is 0 Å². The lowest BCUT2D eigenvalue weighted by Crippen LogP contribution is -2.06. The lowest BCUT2D eigenvalue weighted by atomic mass is 9.97. The Hall–Kier alpha value is -1.80. The molecule has 0 spiro atoms. The number of fused-ring (bicyclic) bond motifs is 3. The van der Waals surface area contributed by atoms with E-state index in [-0.39, 0.29) is 0 Å². The zero-order valence-corrected chi connectivity index (χ0v) is 12.0. The second-order valence-corrected chi connectivity index (χ2v) is 5.77. The second-order valence-electron chi connectivity index (χ2n) is 5.77. The molecule has 0 saturated heterocycles. The molecule has 3 rings (SSSR count). The molecule has 3 N–H and O–H groups in total. The van der Waals surface area contributed by atoms with Gasteiger partial charge in [-0.3, -0.25) is 0 Å².